The maximum Gasteiger partial charge on any atom is 0.393 e. The molecule has 204 valence electrons. The number of rotatable bonds is 7. The van der Waals surface area contributed by atoms with Crippen molar-refractivity contribution < 1.29 is 22.3 Å². The second-order valence-electron chi connectivity index (χ2n) is 9.64. The van der Waals surface area contributed by atoms with Crippen molar-refractivity contribution in [3.63, 3.8) is 0 Å². The predicted molar refractivity (Wildman–Crippen MR) is 153 cm³/mol. The molecule has 2 N–H and O–H groups in total. The highest BCUT2D eigenvalue weighted by molar-refractivity contribution is 7.64. The van der Waals surface area contributed by atoms with Gasteiger partial charge in [-0.1, -0.05) is 31.9 Å². The molecule has 1 aromatic heterocycles. The van der Waals surface area contributed by atoms with E-state index < -0.39 is 18.8 Å². The molecule has 2 unspecified atom stereocenters. The molecule has 0 spiro atoms. The van der Waals surface area contributed by atoms with Gasteiger partial charge in [-0.25, -0.2) is 4.39 Å². The van der Waals surface area contributed by atoms with E-state index in [-0.39, 0.29) is 26.1 Å². The van der Waals surface area contributed by atoms with Crippen LogP contribution in [-0.2, 0) is 6.42 Å². The zero-order chi connectivity index (χ0) is 27.4. The molecule has 1 fully saturated rings. The van der Waals surface area contributed by atoms with Gasteiger partial charge in [0.2, 0.25) is 0 Å². The van der Waals surface area contributed by atoms with Crippen molar-refractivity contribution in [2.45, 2.75) is 31.2 Å². The van der Waals surface area contributed by atoms with E-state index in [1.165, 1.54) is 11.3 Å². The Morgan fingerprint density at radius 1 is 1.21 bits per heavy atom. The molecule has 4 rings (SSSR count). The molecule has 38 heavy (non-hydrogen) atoms. The number of anilines is 2. The number of halogens is 4. The molecule has 2 atom stereocenters. The van der Waals surface area contributed by atoms with Crippen LogP contribution in [0.1, 0.15) is 16.9 Å². The van der Waals surface area contributed by atoms with Gasteiger partial charge in [-0.2, -0.15) is 13.2 Å². The molecule has 0 bridgehead atoms. The Labute approximate surface area is 226 Å². The smallest absolute Gasteiger partial charge is 0.393 e. The van der Waals surface area contributed by atoms with Gasteiger partial charge in [0.1, 0.15) is 11.9 Å². The van der Waals surface area contributed by atoms with E-state index in [1.807, 2.05) is 30.1 Å². The van der Waals surface area contributed by atoms with Crippen LogP contribution in [0.15, 0.2) is 36.4 Å². The topological polar surface area (TPSA) is 36.5 Å². The molecule has 0 radical (unpaired) electrons. The second kappa shape index (κ2) is 12.1. The Hall–Kier alpha value is -2.53. The second-order valence-corrected chi connectivity index (χ2v) is 12.9. The van der Waals surface area contributed by atoms with E-state index in [4.69, 9.17) is 4.74 Å². The zero-order valence-electron chi connectivity index (χ0n) is 21.9. The van der Waals surface area contributed by atoms with Gasteiger partial charge in [-0.15, -0.1) is 11.3 Å². The lowest BCUT2D eigenvalue weighted by atomic mass is 10.0. The first-order valence-electron chi connectivity index (χ1n) is 12.3. The van der Waals surface area contributed by atoms with Crippen LogP contribution in [0, 0.1) is 11.8 Å². The molecule has 1 aliphatic rings. The first-order valence-corrected chi connectivity index (χ1v) is 15.4. The van der Waals surface area contributed by atoms with Crippen LogP contribution >= 0.6 is 19.3 Å². The average Bonchev–Trinajstić information content (AvgIpc) is 3.19. The van der Waals surface area contributed by atoms with Gasteiger partial charge in [0.15, 0.2) is 0 Å². The van der Waals surface area contributed by atoms with Gasteiger partial charge < -0.3 is 20.3 Å². The lowest BCUT2D eigenvalue weighted by Crippen LogP contribution is -2.46. The molecule has 0 saturated carbocycles. The minimum Gasteiger partial charge on any atom is -0.496 e. The molecule has 0 amide bonds. The quantitative estimate of drug-likeness (QED) is 0.200. The molecule has 0 aliphatic carbocycles. The van der Waals surface area contributed by atoms with Gasteiger partial charge >= 0.3 is 6.18 Å². The van der Waals surface area contributed by atoms with Crippen molar-refractivity contribution in [2.75, 3.05) is 57.8 Å². The van der Waals surface area contributed by atoms with Crippen LogP contribution in [0.25, 0.3) is 10.1 Å². The summed E-state index contributed by atoms with van der Waals surface area (Å²) in [7, 11) is 3.19. The van der Waals surface area contributed by atoms with E-state index >= 15 is 0 Å². The number of alkyl halides is 4. The Bertz CT molecular complexity index is 1330. The van der Waals surface area contributed by atoms with Crippen LogP contribution in [0.4, 0.5) is 28.9 Å². The molecule has 1 saturated heterocycles. The number of hydrogen-bond donors (Lipinski definition) is 2. The van der Waals surface area contributed by atoms with Gasteiger partial charge in [0, 0.05) is 30.1 Å². The lowest BCUT2D eigenvalue weighted by Gasteiger charge is -2.33. The third kappa shape index (κ3) is 6.91. The van der Waals surface area contributed by atoms with E-state index in [1.54, 1.807) is 25.3 Å². The molecule has 2 heterocycles. The van der Waals surface area contributed by atoms with Crippen molar-refractivity contribution >= 4 is 46.0 Å². The van der Waals surface area contributed by atoms with Crippen molar-refractivity contribution in [3.05, 3.63) is 46.8 Å². The Balaban J connectivity index is 1.59. The number of methoxy groups -OCH3 is 1. The fourth-order valence-electron chi connectivity index (χ4n) is 4.61. The summed E-state index contributed by atoms with van der Waals surface area (Å²) in [4.78, 5) is 2.32. The van der Waals surface area contributed by atoms with Crippen LogP contribution in [0.2, 0.25) is 0 Å². The lowest BCUT2D eigenvalue weighted by molar-refractivity contribution is -0.126. The Morgan fingerprint density at radius 2 is 2.00 bits per heavy atom. The maximum atomic E-state index is 14.7. The summed E-state index contributed by atoms with van der Waals surface area (Å²) in [6.45, 7) is 5.65. The predicted octanol–water partition coefficient (Wildman–Crippen LogP) is 6.30. The summed E-state index contributed by atoms with van der Waals surface area (Å²) in [5.41, 5.74) is 1.64. The molecule has 3 aromatic rings. The van der Waals surface area contributed by atoms with Crippen LogP contribution in [0.3, 0.4) is 0 Å². The largest absolute Gasteiger partial charge is 0.496 e. The Kier molecular flexibility index (Phi) is 9.07. The van der Waals surface area contributed by atoms with Gasteiger partial charge in [-0.05, 0) is 55.9 Å². The first-order chi connectivity index (χ1) is 18.1. The van der Waals surface area contributed by atoms with Crippen molar-refractivity contribution in [1.82, 2.24) is 4.90 Å². The number of thiophene rings is 1. The summed E-state index contributed by atoms with van der Waals surface area (Å²) in [5.74, 6) is 6.75. The SMILES string of the molecule is COc1cc(NCC#Cc2sc3c(NC4CCN(C)CC4F)cccc3c2CC(F)(F)F)ccc1P(C)C. The molecular formula is C28H32F4N3OPS. The van der Waals surface area contributed by atoms with Crippen LogP contribution in [0.5, 0.6) is 5.75 Å². The molecule has 4 nitrogen and oxygen atoms in total. The first kappa shape index (κ1) is 28.5. The average molecular weight is 566 g/mol. The third-order valence-electron chi connectivity index (χ3n) is 6.53. The summed E-state index contributed by atoms with van der Waals surface area (Å²) in [6, 6.07) is 10.7. The number of nitrogens with zero attached hydrogens (tertiary/aromatic N) is 1. The number of likely N-dealkylation sites (tertiary alicyclic amines) is 1. The minimum absolute atomic E-state index is 0.166. The monoisotopic (exact) mass is 565 g/mol. The van der Waals surface area contributed by atoms with E-state index in [9.17, 15) is 17.6 Å². The number of ether oxygens (including phenoxy) is 1. The normalized spacial score (nSPS) is 18.3. The highest BCUT2D eigenvalue weighted by atomic mass is 32.1. The number of nitrogens with one attached hydrogen (secondary N) is 2. The van der Waals surface area contributed by atoms with Crippen LogP contribution < -0.4 is 20.7 Å². The summed E-state index contributed by atoms with van der Waals surface area (Å²) < 4.78 is 61.4. The zero-order valence-corrected chi connectivity index (χ0v) is 23.6. The molecule has 10 heteroatoms. The molecule has 1 aliphatic heterocycles. The van der Waals surface area contributed by atoms with E-state index in [2.05, 4.69) is 35.8 Å². The summed E-state index contributed by atoms with van der Waals surface area (Å²) in [6.07, 6.45) is -5.88. The number of piperidine rings is 1. The Morgan fingerprint density at radius 3 is 2.68 bits per heavy atom. The van der Waals surface area contributed by atoms with Crippen molar-refractivity contribution in [3.8, 4) is 17.6 Å². The number of hydrogen-bond acceptors (Lipinski definition) is 5. The van der Waals surface area contributed by atoms with Crippen LogP contribution in [-0.4, -0.2) is 70.4 Å². The molecular weight excluding hydrogens is 533 g/mol. The van der Waals surface area contributed by atoms with Gasteiger partial charge in [0.25, 0.3) is 0 Å². The fourth-order valence-corrected chi connectivity index (χ4v) is 6.75. The third-order valence-corrected chi connectivity index (χ3v) is 9.05. The fraction of sp³-hybridized carbons (Fsp3) is 0.429. The number of fused-ring (bicyclic) bond motifs is 1. The maximum absolute atomic E-state index is 14.7. The van der Waals surface area contributed by atoms with E-state index in [0.29, 0.717) is 33.6 Å². The minimum atomic E-state index is -4.37. The summed E-state index contributed by atoms with van der Waals surface area (Å²) in [5, 5.41) is 8.14. The van der Waals surface area contributed by atoms with Crippen molar-refractivity contribution in [2.24, 2.45) is 0 Å². The number of benzene rings is 2. The standard InChI is InChI=1S/C28H32F4N3OPS/c1-35-14-12-22(21(29)17-35)34-23-8-5-7-19-20(16-28(30,31)32)26(38-27(19)23)9-6-13-33-18-10-11-25(37(3)4)24(15-18)36-2/h5,7-8,10-11,15,21-22,33-34H,12-14,16-17H2,1-4H3. The van der Waals surface area contributed by atoms with E-state index in [0.717, 1.165) is 23.3 Å². The molecule has 2 aromatic carbocycles. The van der Waals surface area contributed by atoms with Gasteiger partial charge in [-0.3, -0.25) is 0 Å². The highest BCUT2D eigenvalue weighted by Gasteiger charge is 2.32. The summed E-state index contributed by atoms with van der Waals surface area (Å²) >= 11 is 1.22. The van der Waals surface area contributed by atoms with Crippen molar-refractivity contribution in [1.29, 1.82) is 0 Å². The highest BCUT2D eigenvalue weighted by Crippen LogP contribution is 2.39. The van der Waals surface area contributed by atoms with Gasteiger partial charge in [0.05, 0.1) is 41.4 Å².